The summed E-state index contributed by atoms with van der Waals surface area (Å²) in [4.78, 5) is 29.6. The molecule has 0 N–H and O–H groups in total. The third kappa shape index (κ3) is 2.85. The lowest BCUT2D eigenvalue weighted by Crippen LogP contribution is -2.25. The number of alkyl halides is 1. The van der Waals surface area contributed by atoms with Crippen LogP contribution in [0, 0.1) is 0 Å². The molecule has 0 bridgehead atoms. The summed E-state index contributed by atoms with van der Waals surface area (Å²) >= 11 is 6.04. The van der Waals surface area contributed by atoms with Crippen molar-refractivity contribution in [3.05, 3.63) is 64.2 Å². The molecule has 0 radical (unpaired) electrons. The molecule has 6 nitrogen and oxygen atoms in total. The summed E-state index contributed by atoms with van der Waals surface area (Å²) in [6, 6.07) is 11.7. The molecule has 3 rings (SSSR count). The molecule has 0 aliphatic rings. The molecule has 7 heteroatoms. The Hall–Kier alpha value is -2.86. The quantitative estimate of drug-likeness (QED) is 0.529. The Balaban J connectivity index is 2.41. The van der Waals surface area contributed by atoms with Crippen LogP contribution < -0.4 is 10.3 Å². The Kier molecular flexibility index (Phi) is 4.72. The molecule has 2 aromatic carbocycles. The van der Waals surface area contributed by atoms with Gasteiger partial charge in [0.25, 0.3) is 5.56 Å². The van der Waals surface area contributed by atoms with Crippen molar-refractivity contribution >= 4 is 28.5 Å². The van der Waals surface area contributed by atoms with Gasteiger partial charge >= 0.3 is 5.97 Å². The summed E-state index contributed by atoms with van der Waals surface area (Å²) in [6.07, 6.45) is 0. The van der Waals surface area contributed by atoms with Crippen LogP contribution in [0.4, 0.5) is 0 Å². The summed E-state index contributed by atoms with van der Waals surface area (Å²) in [5, 5.41) is 0.368. The smallest absolute Gasteiger partial charge is 0.339 e. The van der Waals surface area contributed by atoms with Gasteiger partial charge in [0.15, 0.2) is 0 Å². The van der Waals surface area contributed by atoms with Gasteiger partial charge < -0.3 is 9.47 Å². The van der Waals surface area contributed by atoms with Gasteiger partial charge in [-0.2, -0.15) is 0 Å². The van der Waals surface area contributed by atoms with E-state index in [1.54, 1.807) is 42.5 Å². The minimum atomic E-state index is -0.547. The summed E-state index contributed by atoms with van der Waals surface area (Å²) in [7, 11) is 2.79. The molecule has 128 valence electrons. The number of aromatic nitrogens is 2. The summed E-state index contributed by atoms with van der Waals surface area (Å²) < 4.78 is 11.4. The van der Waals surface area contributed by atoms with Crippen LogP contribution in [0.25, 0.3) is 16.6 Å². The zero-order chi connectivity index (χ0) is 18.0. The van der Waals surface area contributed by atoms with Gasteiger partial charge in [-0.3, -0.25) is 9.36 Å². The average Bonchev–Trinajstić information content (AvgIpc) is 2.66. The van der Waals surface area contributed by atoms with Crippen LogP contribution in [0.3, 0.4) is 0 Å². The molecule has 0 fully saturated rings. The van der Waals surface area contributed by atoms with Crippen molar-refractivity contribution in [2.45, 2.75) is 5.88 Å². The number of methoxy groups -OCH3 is 2. The van der Waals surface area contributed by atoms with E-state index in [9.17, 15) is 9.59 Å². The highest BCUT2D eigenvalue weighted by Gasteiger charge is 2.19. The molecule has 0 unspecified atom stereocenters. The highest BCUT2D eigenvalue weighted by Crippen LogP contribution is 2.24. The number of fused-ring (bicyclic) bond motifs is 1. The van der Waals surface area contributed by atoms with E-state index in [4.69, 9.17) is 21.1 Å². The maximum Gasteiger partial charge on any atom is 0.339 e. The minimum absolute atomic E-state index is 0.0151. The second kappa shape index (κ2) is 6.94. The molecule has 0 amide bonds. The molecule has 3 aromatic rings. The lowest BCUT2D eigenvalue weighted by atomic mass is 10.1. The number of halogens is 1. The second-order valence-electron chi connectivity index (χ2n) is 5.17. The Morgan fingerprint density at radius 1 is 1.16 bits per heavy atom. The number of carbonyl (C=O) groups is 1. The monoisotopic (exact) mass is 358 g/mol. The lowest BCUT2D eigenvalue weighted by Gasteiger charge is -2.15. The van der Waals surface area contributed by atoms with Gasteiger partial charge in [-0.05, 0) is 24.3 Å². The molecule has 0 aliphatic carbocycles. The summed E-state index contributed by atoms with van der Waals surface area (Å²) in [6.45, 7) is 0. The van der Waals surface area contributed by atoms with E-state index in [1.165, 1.54) is 18.8 Å². The van der Waals surface area contributed by atoms with E-state index >= 15 is 0 Å². The first-order chi connectivity index (χ1) is 12.1. The SMILES string of the molecule is COC(=O)c1ccccc1-n1c(CCl)nc2c(OC)cccc2c1=O. The number of carbonyl (C=O) groups excluding carboxylic acids is 1. The molecule has 0 aliphatic heterocycles. The zero-order valence-electron chi connectivity index (χ0n) is 13.7. The largest absolute Gasteiger partial charge is 0.494 e. The Labute approximate surface area is 148 Å². The van der Waals surface area contributed by atoms with Gasteiger partial charge in [0.05, 0.1) is 36.7 Å². The van der Waals surface area contributed by atoms with E-state index in [1.807, 2.05) is 0 Å². The molecule has 1 aromatic heterocycles. The second-order valence-corrected chi connectivity index (χ2v) is 5.43. The van der Waals surface area contributed by atoms with Crippen molar-refractivity contribution in [2.24, 2.45) is 0 Å². The fourth-order valence-corrected chi connectivity index (χ4v) is 2.86. The van der Waals surface area contributed by atoms with Crippen molar-refractivity contribution in [3.63, 3.8) is 0 Å². The van der Waals surface area contributed by atoms with Crippen LogP contribution in [0.5, 0.6) is 5.75 Å². The van der Waals surface area contributed by atoms with Gasteiger partial charge in [-0.25, -0.2) is 9.78 Å². The molecule has 0 saturated carbocycles. The first-order valence-electron chi connectivity index (χ1n) is 7.44. The van der Waals surface area contributed by atoms with Crippen LogP contribution in [-0.4, -0.2) is 29.7 Å². The Bertz CT molecular complexity index is 1010. The first-order valence-corrected chi connectivity index (χ1v) is 7.98. The number of rotatable bonds is 4. The molecule has 0 saturated heterocycles. The lowest BCUT2D eigenvalue weighted by molar-refractivity contribution is 0.0600. The molecule has 0 spiro atoms. The average molecular weight is 359 g/mol. The van der Waals surface area contributed by atoms with Crippen LogP contribution in [-0.2, 0) is 10.6 Å². The maximum atomic E-state index is 13.1. The zero-order valence-corrected chi connectivity index (χ0v) is 14.4. The van der Waals surface area contributed by atoms with Crippen LogP contribution in [0.1, 0.15) is 16.2 Å². The number of hydrogen-bond acceptors (Lipinski definition) is 5. The van der Waals surface area contributed by atoms with Gasteiger partial charge in [0, 0.05) is 0 Å². The van der Waals surface area contributed by atoms with Crippen molar-refractivity contribution in [1.29, 1.82) is 0 Å². The number of para-hydroxylation sites is 2. The summed E-state index contributed by atoms with van der Waals surface area (Å²) in [5.74, 6) is 0.224. The van der Waals surface area contributed by atoms with E-state index in [0.29, 0.717) is 28.2 Å². The molecular weight excluding hydrogens is 344 g/mol. The van der Waals surface area contributed by atoms with Gasteiger partial charge in [-0.15, -0.1) is 11.6 Å². The maximum absolute atomic E-state index is 13.1. The van der Waals surface area contributed by atoms with E-state index in [-0.39, 0.29) is 17.0 Å². The third-order valence-electron chi connectivity index (χ3n) is 3.82. The first kappa shape index (κ1) is 17.0. The molecule has 0 atom stereocenters. The topological polar surface area (TPSA) is 70.4 Å². The van der Waals surface area contributed by atoms with E-state index in [2.05, 4.69) is 4.98 Å². The highest BCUT2D eigenvalue weighted by molar-refractivity contribution is 6.16. The molecule has 25 heavy (non-hydrogen) atoms. The van der Waals surface area contributed by atoms with E-state index < -0.39 is 5.97 Å². The van der Waals surface area contributed by atoms with Gasteiger partial charge in [-0.1, -0.05) is 18.2 Å². The third-order valence-corrected chi connectivity index (χ3v) is 4.06. The van der Waals surface area contributed by atoms with Crippen LogP contribution >= 0.6 is 11.6 Å². The number of ether oxygens (including phenoxy) is 2. The van der Waals surface area contributed by atoms with E-state index in [0.717, 1.165) is 0 Å². The number of benzene rings is 2. The highest BCUT2D eigenvalue weighted by atomic mass is 35.5. The summed E-state index contributed by atoms with van der Waals surface area (Å²) in [5.41, 5.74) is 0.711. The molecular formula is C18H15ClN2O4. The van der Waals surface area contributed by atoms with Gasteiger partial charge in [0.1, 0.15) is 17.1 Å². The molecule has 1 heterocycles. The number of esters is 1. The van der Waals surface area contributed by atoms with Crippen molar-refractivity contribution in [3.8, 4) is 11.4 Å². The van der Waals surface area contributed by atoms with Crippen molar-refractivity contribution in [2.75, 3.05) is 14.2 Å². The minimum Gasteiger partial charge on any atom is -0.494 e. The van der Waals surface area contributed by atoms with Crippen molar-refractivity contribution < 1.29 is 14.3 Å². The number of nitrogens with zero attached hydrogens (tertiary/aromatic N) is 2. The fraction of sp³-hybridized carbons (Fsp3) is 0.167. The number of hydrogen-bond donors (Lipinski definition) is 0. The Morgan fingerprint density at radius 3 is 2.60 bits per heavy atom. The predicted octanol–water partition coefficient (Wildman–Crippen LogP) is 2.92. The Morgan fingerprint density at radius 2 is 1.92 bits per heavy atom. The predicted molar refractivity (Wildman–Crippen MR) is 94.8 cm³/mol. The normalized spacial score (nSPS) is 10.7. The standard InChI is InChI=1S/C18H15ClN2O4/c1-24-14-9-5-7-12-16(14)20-15(10-19)21(17(12)22)13-8-4-3-6-11(13)18(23)25-2/h3-9H,10H2,1-2H3. The van der Waals surface area contributed by atoms with Gasteiger partial charge in [0.2, 0.25) is 0 Å². The van der Waals surface area contributed by atoms with Crippen LogP contribution in [0.15, 0.2) is 47.3 Å². The van der Waals surface area contributed by atoms with Crippen LogP contribution in [0.2, 0.25) is 0 Å². The fourth-order valence-electron chi connectivity index (χ4n) is 2.68. The van der Waals surface area contributed by atoms with Crippen molar-refractivity contribution in [1.82, 2.24) is 9.55 Å².